The first-order chi connectivity index (χ1) is 9.04. The van der Waals surface area contributed by atoms with Crippen LogP contribution < -0.4 is 11.1 Å². The monoisotopic (exact) mass is 268 g/mol. The lowest BCUT2D eigenvalue weighted by Gasteiger charge is -2.12. The van der Waals surface area contributed by atoms with E-state index in [1.807, 2.05) is 0 Å². The summed E-state index contributed by atoms with van der Waals surface area (Å²) in [6.45, 7) is 0.586. The molecule has 6 N–H and O–H groups in total. The van der Waals surface area contributed by atoms with E-state index in [0.717, 1.165) is 0 Å². The number of hydrogen-bond acceptors (Lipinski definition) is 5. The van der Waals surface area contributed by atoms with Crippen molar-refractivity contribution in [2.75, 3.05) is 13.2 Å². The van der Waals surface area contributed by atoms with Gasteiger partial charge in [0.05, 0.1) is 6.04 Å². The highest BCUT2D eigenvalue weighted by atomic mass is 16.3. The Morgan fingerprint density at radius 1 is 1.26 bits per heavy atom. The zero-order valence-electron chi connectivity index (χ0n) is 10.7. The Hall–Kier alpha value is -1.79. The van der Waals surface area contributed by atoms with Gasteiger partial charge in [-0.1, -0.05) is 6.07 Å². The fourth-order valence-electron chi connectivity index (χ4n) is 1.62. The standard InChI is InChI=1S/C13H20N2O4/c14-10(13(19)15-5-1-2-6-16)7-9-3-4-11(17)12(18)8-9/h3-4,8,10,16-18H,1-2,5-7,14H2,(H,15,19)/t10-/m0/s1. The van der Waals surface area contributed by atoms with Crippen LogP contribution in [-0.2, 0) is 11.2 Å². The number of phenols is 2. The molecule has 0 unspecified atom stereocenters. The normalized spacial score (nSPS) is 12.1. The van der Waals surface area contributed by atoms with Crippen molar-refractivity contribution in [3.63, 3.8) is 0 Å². The van der Waals surface area contributed by atoms with Gasteiger partial charge in [-0.15, -0.1) is 0 Å². The molecular formula is C13H20N2O4. The molecule has 0 bridgehead atoms. The summed E-state index contributed by atoms with van der Waals surface area (Å²) in [5, 5.41) is 29.8. The van der Waals surface area contributed by atoms with Gasteiger partial charge in [0.1, 0.15) is 0 Å². The van der Waals surface area contributed by atoms with Gasteiger partial charge in [0, 0.05) is 13.2 Å². The molecule has 0 aliphatic rings. The molecule has 1 aromatic carbocycles. The smallest absolute Gasteiger partial charge is 0.237 e. The molecule has 0 radical (unpaired) electrons. The van der Waals surface area contributed by atoms with Gasteiger partial charge in [-0.2, -0.15) is 0 Å². The number of carbonyl (C=O) groups excluding carboxylic acids is 1. The topological polar surface area (TPSA) is 116 Å². The minimum Gasteiger partial charge on any atom is -0.504 e. The van der Waals surface area contributed by atoms with Crippen LogP contribution in [-0.4, -0.2) is 40.4 Å². The number of unbranched alkanes of at least 4 members (excludes halogenated alkanes) is 1. The molecule has 0 saturated carbocycles. The summed E-state index contributed by atoms with van der Waals surface area (Å²) in [6.07, 6.45) is 1.62. The molecule has 0 saturated heterocycles. The van der Waals surface area contributed by atoms with Gasteiger partial charge in [-0.05, 0) is 37.0 Å². The number of amides is 1. The average Bonchev–Trinajstić information content (AvgIpc) is 2.38. The SMILES string of the molecule is N[C@@H](Cc1ccc(O)c(O)c1)C(=O)NCCCCO. The molecule has 0 spiro atoms. The first kappa shape index (κ1) is 15.3. The Morgan fingerprint density at radius 2 is 2.00 bits per heavy atom. The van der Waals surface area contributed by atoms with Gasteiger partial charge in [-0.3, -0.25) is 4.79 Å². The second-order valence-electron chi connectivity index (χ2n) is 4.36. The van der Waals surface area contributed by atoms with Crippen molar-refractivity contribution in [1.29, 1.82) is 0 Å². The van der Waals surface area contributed by atoms with Gasteiger partial charge >= 0.3 is 0 Å². The number of nitrogens with one attached hydrogen (secondary N) is 1. The Labute approximate surface area is 111 Å². The minimum atomic E-state index is -0.710. The fourth-order valence-corrected chi connectivity index (χ4v) is 1.62. The van der Waals surface area contributed by atoms with Crippen molar-refractivity contribution in [1.82, 2.24) is 5.32 Å². The molecule has 0 heterocycles. The number of hydrogen-bond donors (Lipinski definition) is 5. The number of carbonyl (C=O) groups is 1. The largest absolute Gasteiger partial charge is 0.504 e. The summed E-state index contributed by atoms with van der Waals surface area (Å²) in [7, 11) is 0. The second kappa shape index (κ2) is 7.60. The van der Waals surface area contributed by atoms with E-state index in [9.17, 15) is 15.0 Å². The van der Waals surface area contributed by atoms with Gasteiger partial charge in [0.2, 0.25) is 5.91 Å². The van der Waals surface area contributed by atoms with Gasteiger partial charge in [-0.25, -0.2) is 0 Å². The molecule has 1 atom stereocenters. The van der Waals surface area contributed by atoms with E-state index in [1.54, 1.807) is 6.07 Å². The number of benzene rings is 1. The molecule has 0 aliphatic carbocycles. The zero-order valence-corrected chi connectivity index (χ0v) is 10.7. The fraction of sp³-hybridized carbons (Fsp3) is 0.462. The van der Waals surface area contributed by atoms with E-state index in [1.165, 1.54) is 12.1 Å². The van der Waals surface area contributed by atoms with E-state index in [0.29, 0.717) is 24.9 Å². The van der Waals surface area contributed by atoms with Crippen molar-refractivity contribution < 1.29 is 20.1 Å². The summed E-state index contributed by atoms with van der Waals surface area (Å²) >= 11 is 0. The molecule has 0 aliphatic heterocycles. The van der Waals surface area contributed by atoms with Crippen LogP contribution in [0.15, 0.2) is 18.2 Å². The van der Waals surface area contributed by atoms with E-state index >= 15 is 0 Å². The van der Waals surface area contributed by atoms with Crippen LogP contribution in [0.5, 0.6) is 11.5 Å². The summed E-state index contributed by atoms with van der Waals surface area (Å²) in [5.41, 5.74) is 6.42. The predicted molar refractivity (Wildman–Crippen MR) is 70.8 cm³/mol. The minimum absolute atomic E-state index is 0.106. The molecule has 1 rings (SSSR count). The van der Waals surface area contributed by atoms with Crippen LogP contribution >= 0.6 is 0 Å². The van der Waals surface area contributed by atoms with Crippen LogP contribution in [0.3, 0.4) is 0 Å². The molecule has 106 valence electrons. The lowest BCUT2D eigenvalue weighted by Crippen LogP contribution is -2.42. The first-order valence-corrected chi connectivity index (χ1v) is 6.19. The number of nitrogens with two attached hydrogens (primary N) is 1. The van der Waals surface area contributed by atoms with Gasteiger partial charge in [0.25, 0.3) is 0 Å². The highest BCUT2D eigenvalue weighted by molar-refractivity contribution is 5.81. The highest BCUT2D eigenvalue weighted by Gasteiger charge is 2.14. The zero-order chi connectivity index (χ0) is 14.3. The van der Waals surface area contributed by atoms with Gasteiger partial charge in [0.15, 0.2) is 11.5 Å². The van der Waals surface area contributed by atoms with E-state index < -0.39 is 6.04 Å². The maximum Gasteiger partial charge on any atom is 0.237 e. The second-order valence-corrected chi connectivity index (χ2v) is 4.36. The van der Waals surface area contributed by atoms with Crippen molar-refractivity contribution in [3.8, 4) is 11.5 Å². The quantitative estimate of drug-likeness (QED) is 0.348. The first-order valence-electron chi connectivity index (χ1n) is 6.19. The summed E-state index contributed by atoms with van der Waals surface area (Å²) in [6, 6.07) is 3.64. The van der Waals surface area contributed by atoms with Crippen LogP contribution in [0, 0.1) is 0 Å². The Morgan fingerprint density at radius 3 is 2.63 bits per heavy atom. The van der Waals surface area contributed by atoms with E-state index in [4.69, 9.17) is 10.8 Å². The molecular weight excluding hydrogens is 248 g/mol. The van der Waals surface area contributed by atoms with Crippen molar-refractivity contribution in [2.45, 2.75) is 25.3 Å². The maximum atomic E-state index is 11.7. The van der Waals surface area contributed by atoms with Crippen molar-refractivity contribution >= 4 is 5.91 Å². The third kappa shape index (κ3) is 5.15. The third-order valence-electron chi connectivity index (χ3n) is 2.72. The van der Waals surface area contributed by atoms with Gasteiger partial charge < -0.3 is 26.4 Å². The van der Waals surface area contributed by atoms with Crippen molar-refractivity contribution in [2.24, 2.45) is 5.73 Å². The van der Waals surface area contributed by atoms with Crippen LogP contribution in [0.2, 0.25) is 0 Å². The number of rotatable bonds is 7. The number of aromatic hydroxyl groups is 2. The molecule has 0 aromatic heterocycles. The number of phenolic OH excluding ortho intramolecular Hbond substituents is 2. The number of aliphatic hydroxyl groups excluding tert-OH is 1. The highest BCUT2D eigenvalue weighted by Crippen LogP contribution is 2.25. The Kier molecular flexibility index (Phi) is 6.11. The summed E-state index contributed by atoms with van der Waals surface area (Å²) in [4.78, 5) is 11.7. The Balaban J connectivity index is 2.42. The van der Waals surface area contributed by atoms with E-state index in [-0.39, 0.29) is 30.4 Å². The van der Waals surface area contributed by atoms with Crippen LogP contribution in [0.4, 0.5) is 0 Å². The molecule has 1 aromatic rings. The van der Waals surface area contributed by atoms with Crippen molar-refractivity contribution in [3.05, 3.63) is 23.8 Å². The average molecular weight is 268 g/mol. The molecule has 6 nitrogen and oxygen atoms in total. The molecule has 1 amide bonds. The van der Waals surface area contributed by atoms with E-state index in [2.05, 4.69) is 5.32 Å². The van der Waals surface area contributed by atoms with Crippen LogP contribution in [0.1, 0.15) is 18.4 Å². The Bertz CT molecular complexity index is 423. The molecule has 0 fully saturated rings. The lowest BCUT2D eigenvalue weighted by molar-refractivity contribution is -0.122. The predicted octanol–water partition coefficient (Wildman–Crippen LogP) is -0.144. The lowest BCUT2D eigenvalue weighted by atomic mass is 10.1. The molecule has 6 heteroatoms. The summed E-state index contributed by atoms with van der Waals surface area (Å²) < 4.78 is 0. The number of aliphatic hydroxyl groups is 1. The van der Waals surface area contributed by atoms with Crippen LogP contribution in [0.25, 0.3) is 0 Å². The molecule has 19 heavy (non-hydrogen) atoms. The maximum absolute atomic E-state index is 11.7. The third-order valence-corrected chi connectivity index (χ3v) is 2.72. The summed E-state index contributed by atoms with van der Waals surface area (Å²) in [5.74, 6) is -0.704.